The van der Waals surface area contributed by atoms with Crippen LogP contribution in [0.3, 0.4) is 0 Å². The normalized spacial score (nSPS) is 10.9. The van der Waals surface area contributed by atoms with Gasteiger partial charge >= 0.3 is 0 Å². The van der Waals surface area contributed by atoms with Crippen LogP contribution in [0.5, 0.6) is 5.75 Å². The number of nitrogens with one attached hydrogen (secondary N) is 2. The zero-order valence-electron chi connectivity index (χ0n) is 18.1. The summed E-state index contributed by atoms with van der Waals surface area (Å²) in [4.78, 5) is 25.1. The van der Waals surface area contributed by atoms with Crippen LogP contribution in [0.4, 0.5) is 11.4 Å². The molecule has 0 spiro atoms. The van der Waals surface area contributed by atoms with E-state index in [9.17, 15) is 18.0 Å². The van der Waals surface area contributed by atoms with E-state index in [4.69, 9.17) is 4.74 Å². The summed E-state index contributed by atoms with van der Waals surface area (Å²) in [7, 11) is -3.72. The number of benzene rings is 2. The van der Waals surface area contributed by atoms with Crippen molar-refractivity contribution in [2.45, 2.75) is 26.7 Å². The van der Waals surface area contributed by atoms with Gasteiger partial charge in [-0.15, -0.1) is 0 Å². The van der Waals surface area contributed by atoms with Crippen molar-refractivity contribution in [3.63, 3.8) is 0 Å². The quantitative estimate of drug-likeness (QED) is 0.515. The zero-order valence-corrected chi connectivity index (χ0v) is 18.9. The van der Waals surface area contributed by atoms with Crippen LogP contribution in [0.25, 0.3) is 0 Å². The highest BCUT2D eigenvalue weighted by atomic mass is 32.2. The Balaban J connectivity index is 2.16. The van der Waals surface area contributed by atoms with Crippen LogP contribution >= 0.6 is 0 Å². The third-order valence-corrected chi connectivity index (χ3v) is 5.53. The molecule has 2 aromatic carbocycles. The number of para-hydroxylation sites is 1. The molecule has 9 heteroatoms. The minimum Gasteiger partial charge on any atom is -0.494 e. The molecule has 2 aromatic rings. The van der Waals surface area contributed by atoms with Gasteiger partial charge in [0.25, 0.3) is 5.91 Å². The second-order valence-electron chi connectivity index (χ2n) is 6.90. The van der Waals surface area contributed by atoms with Gasteiger partial charge in [0.1, 0.15) is 12.3 Å². The molecule has 2 amide bonds. The third-order valence-electron chi connectivity index (χ3n) is 4.38. The van der Waals surface area contributed by atoms with Crippen LogP contribution in [-0.4, -0.2) is 46.2 Å². The SMILES string of the molecule is CCCCNC(=O)c1ccccc1NC(=O)CN(c1ccc(OCC)cc1)S(C)(=O)=O. The number of carbonyl (C=O) groups is 2. The maximum Gasteiger partial charge on any atom is 0.253 e. The zero-order chi connectivity index (χ0) is 22.9. The first-order valence-corrected chi connectivity index (χ1v) is 12.0. The molecular formula is C22H29N3O5S. The number of hydrogen-bond acceptors (Lipinski definition) is 5. The molecule has 0 saturated carbocycles. The fourth-order valence-electron chi connectivity index (χ4n) is 2.86. The monoisotopic (exact) mass is 447 g/mol. The van der Waals surface area contributed by atoms with Crippen LogP contribution in [0.2, 0.25) is 0 Å². The van der Waals surface area contributed by atoms with Crippen molar-refractivity contribution in [1.29, 1.82) is 0 Å². The number of ether oxygens (including phenoxy) is 1. The van der Waals surface area contributed by atoms with E-state index in [1.165, 1.54) is 0 Å². The van der Waals surface area contributed by atoms with Gasteiger partial charge in [0.15, 0.2) is 0 Å². The predicted octanol–water partition coefficient (Wildman–Crippen LogP) is 3.02. The predicted molar refractivity (Wildman–Crippen MR) is 122 cm³/mol. The Morgan fingerprint density at radius 3 is 2.32 bits per heavy atom. The third kappa shape index (κ3) is 7.29. The van der Waals surface area contributed by atoms with Gasteiger partial charge in [-0.3, -0.25) is 13.9 Å². The fraction of sp³-hybridized carbons (Fsp3) is 0.364. The van der Waals surface area contributed by atoms with E-state index in [-0.39, 0.29) is 5.91 Å². The van der Waals surface area contributed by atoms with Crippen molar-refractivity contribution in [3.8, 4) is 5.75 Å². The molecule has 8 nitrogen and oxygen atoms in total. The molecule has 31 heavy (non-hydrogen) atoms. The lowest BCUT2D eigenvalue weighted by Gasteiger charge is -2.22. The molecule has 2 rings (SSSR count). The van der Waals surface area contributed by atoms with Crippen molar-refractivity contribution in [3.05, 3.63) is 54.1 Å². The van der Waals surface area contributed by atoms with Gasteiger partial charge in [-0.2, -0.15) is 0 Å². The molecular weight excluding hydrogens is 418 g/mol. The Kier molecular flexibility index (Phi) is 8.87. The van der Waals surface area contributed by atoms with Crippen molar-refractivity contribution in [1.82, 2.24) is 5.32 Å². The van der Waals surface area contributed by atoms with Crippen molar-refractivity contribution in [2.24, 2.45) is 0 Å². The fourth-order valence-corrected chi connectivity index (χ4v) is 3.72. The maximum atomic E-state index is 12.7. The second-order valence-corrected chi connectivity index (χ2v) is 8.81. The van der Waals surface area contributed by atoms with E-state index in [1.54, 1.807) is 48.5 Å². The van der Waals surface area contributed by atoms with Crippen LogP contribution in [0.1, 0.15) is 37.0 Å². The molecule has 0 atom stereocenters. The number of sulfonamides is 1. The number of unbranched alkanes of at least 4 members (excludes halogenated alkanes) is 1. The molecule has 0 heterocycles. The summed E-state index contributed by atoms with van der Waals surface area (Å²) in [5.74, 6) is -0.254. The molecule has 0 bridgehead atoms. The topological polar surface area (TPSA) is 105 Å². The van der Waals surface area contributed by atoms with Crippen LogP contribution in [0, 0.1) is 0 Å². The van der Waals surface area contributed by atoms with Crippen LogP contribution < -0.4 is 19.7 Å². The summed E-state index contributed by atoms with van der Waals surface area (Å²) in [6, 6.07) is 13.1. The van der Waals surface area contributed by atoms with E-state index in [1.807, 2.05) is 13.8 Å². The molecule has 0 aromatic heterocycles. The Hall–Kier alpha value is -3.07. The van der Waals surface area contributed by atoms with Crippen molar-refractivity contribution in [2.75, 3.05) is 35.6 Å². The van der Waals surface area contributed by atoms with E-state index < -0.39 is 22.5 Å². The van der Waals surface area contributed by atoms with E-state index in [0.717, 1.165) is 23.4 Å². The summed E-state index contributed by atoms with van der Waals surface area (Å²) in [6.07, 6.45) is 2.84. The highest BCUT2D eigenvalue weighted by Crippen LogP contribution is 2.22. The lowest BCUT2D eigenvalue weighted by Crippen LogP contribution is -2.37. The molecule has 0 unspecified atom stereocenters. The first-order chi connectivity index (χ1) is 14.8. The van der Waals surface area contributed by atoms with E-state index in [2.05, 4.69) is 10.6 Å². The Morgan fingerprint density at radius 2 is 1.71 bits per heavy atom. The highest BCUT2D eigenvalue weighted by molar-refractivity contribution is 7.92. The second kappa shape index (κ2) is 11.4. The van der Waals surface area contributed by atoms with Crippen molar-refractivity contribution >= 4 is 33.2 Å². The van der Waals surface area contributed by atoms with E-state index in [0.29, 0.717) is 35.8 Å². The lowest BCUT2D eigenvalue weighted by atomic mass is 10.1. The molecule has 0 aliphatic rings. The van der Waals surface area contributed by atoms with Crippen molar-refractivity contribution < 1.29 is 22.7 Å². The summed E-state index contributed by atoms with van der Waals surface area (Å²) in [5.41, 5.74) is 0.979. The number of carbonyl (C=O) groups excluding carboxylic acids is 2. The molecule has 2 N–H and O–H groups in total. The summed E-state index contributed by atoms with van der Waals surface area (Å²) < 4.78 is 31.0. The highest BCUT2D eigenvalue weighted by Gasteiger charge is 2.22. The van der Waals surface area contributed by atoms with E-state index >= 15 is 0 Å². The average molecular weight is 448 g/mol. The van der Waals surface area contributed by atoms with Crippen LogP contribution in [-0.2, 0) is 14.8 Å². The first kappa shape index (κ1) is 24.2. The largest absolute Gasteiger partial charge is 0.494 e. The molecule has 0 aliphatic carbocycles. The van der Waals surface area contributed by atoms with Gasteiger partial charge in [0, 0.05) is 6.54 Å². The number of hydrogen-bond donors (Lipinski definition) is 2. The molecule has 0 fully saturated rings. The van der Waals surface area contributed by atoms with Gasteiger partial charge in [0.2, 0.25) is 15.9 Å². The molecule has 0 aliphatic heterocycles. The first-order valence-electron chi connectivity index (χ1n) is 10.1. The minimum atomic E-state index is -3.72. The average Bonchev–Trinajstić information content (AvgIpc) is 2.73. The Morgan fingerprint density at radius 1 is 1.03 bits per heavy atom. The number of anilines is 2. The molecule has 0 radical (unpaired) electrons. The summed E-state index contributed by atoms with van der Waals surface area (Å²) >= 11 is 0. The Labute approximate surface area is 183 Å². The number of amides is 2. The lowest BCUT2D eigenvalue weighted by molar-refractivity contribution is -0.114. The standard InChI is InChI=1S/C22H29N3O5S/c1-4-6-15-23-22(27)19-9-7-8-10-20(19)24-21(26)16-25(31(3,28)29)17-11-13-18(14-12-17)30-5-2/h7-14H,4-6,15-16H2,1-3H3,(H,23,27)(H,24,26). The van der Waals surface area contributed by atoms with Gasteiger partial charge in [-0.1, -0.05) is 25.5 Å². The van der Waals surface area contributed by atoms with Gasteiger partial charge in [-0.05, 0) is 49.7 Å². The summed E-state index contributed by atoms with van der Waals surface area (Å²) in [5, 5.41) is 5.47. The van der Waals surface area contributed by atoms with Gasteiger partial charge < -0.3 is 15.4 Å². The Bertz CT molecular complexity index is 990. The smallest absolute Gasteiger partial charge is 0.253 e. The number of nitrogens with zero attached hydrogens (tertiary/aromatic N) is 1. The van der Waals surface area contributed by atoms with Gasteiger partial charge in [0.05, 0.1) is 29.8 Å². The molecule has 0 saturated heterocycles. The van der Waals surface area contributed by atoms with Crippen LogP contribution in [0.15, 0.2) is 48.5 Å². The minimum absolute atomic E-state index is 0.296. The van der Waals surface area contributed by atoms with Gasteiger partial charge in [-0.25, -0.2) is 8.42 Å². The number of rotatable bonds is 11. The maximum absolute atomic E-state index is 12.7. The molecule has 168 valence electrons. The summed E-state index contributed by atoms with van der Waals surface area (Å²) in [6.45, 7) is 4.47.